The Morgan fingerprint density at radius 2 is 1.67 bits per heavy atom. The fourth-order valence-corrected chi connectivity index (χ4v) is 6.19. The van der Waals surface area contributed by atoms with Gasteiger partial charge < -0.3 is 5.11 Å². The van der Waals surface area contributed by atoms with Gasteiger partial charge in [0.1, 0.15) is 0 Å². The average molecular weight is 494 g/mol. The fraction of sp³-hybridized carbons (Fsp3) is 0.435. The molecule has 2 aromatic carbocycles. The quantitative estimate of drug-likeness (QED) is 0.439. The highest BCUT2D eigenvalue weighted by atomic mass is 79.9. The first-order valence-electron chi connectivity index (χ1n) is 10.4. The van der Waals surface area contributed by atoms with Crippen LogP contribution in [0.4, 0.5) is 5.69 Å². The summed E-state index contributed by atoms with van der Waals surface area (Å²) >= 11 is 3.43. The van der Waals surface area contributed by atoms with Crippen LogP contribution in [0.2, 0.25) is 0 Å². The summed E-state index contributed by atoms with van der Waals surface area (Å²) < 4.78 is 28.7. The van der Waals surface area contributed by atoms with E-state index in [0.717, 1.165) is 66.2 Å². The van der Waals surface area contributed by atoms with E-state index < -0.39 is 16.0 Å². The molecule has 0 amide bonds. The van der Waals surface area contributed by atoms with Crippen molar-refractivity contribution in [1.29, 1.82) is 0 Å². The summed E-state index contributed by atoms with van der Waals surface area (Å²) in [7, 11) is -2.00. The molecule has 1 aliphatic heterocycles. The van der Waals surface area contributed by atoms with E-state index in [-0.39, 0.29) is 12.3 Å². The zero-order chi connectivity index (χ0) is 21.7. The highest BCUT2D eigenvalue weighted by molar-refractivity contribution is 9.10. The summed E-state index contributed by atoms with van der Waals surface area (Å²) in [5.74, 6) is -0.705. The van der Waals surface area contributed by atoms with Crippen LogP contribution in [0.25, 0.3) is 0 Å². The number of hydrogen-bond acceptors (Lipinski definition) is 3. The molecule has 0 saturated heterocycles. The molecule has 2 aromatic rings. The van der Waals surface area contributed by atoms with Crippen molar-refractivity contribution in [3.63, 3.8) is 0 Å². The number of fused-ring (bicyclic) bond motifs is 2. The second-order valence-corrected chi connectivity index (χ2v) is 10.7. The average Bonchev–Trinajstić information content (AvgIpc) is 2.78. The molecule has 0 aromatic heterocycles. The molecule has 162 valence electrons. The zero-order valence-electron chi connectivity index (χ0n) is 17.2. The molecule has 1 aliphatic rings. The fourth-order valence-electron chi connectivity index (χ4n) is 4.18. The van der Waals surface area contributed by atoms with Gasteiger partial charge in [-0.05, 0) is 42.2 Å². The second kappa shape index (κ2) is 9.96. The van der Waals surface area contributed by atoms with Crippen LogP contribution in [0.1, 0.15) is 68.4 Å². The molecule has 1 heterocycles. The largest absolute Gasteiger partial charge is 0.481 e. The van der Waals surface area contributed by atoms with E-state index in [1.54, 1.807) is 13.1 Å². The molecular formula is C23H28BrNO4S. The maximum Gasteiger partial charge on any atom is 0.303 e. The van der Waals surface area contributed by atoms with Gasteiger partial charge in [0.05, 0.1) is 10.6 Å². The van der Waals surface area contributed by atoms with Crippen molar-refractivity contribution in [2.75, 3.05) is 11.4 Å². The Bertz CT molecular complexity index is 1010. The number of para-hydroxylation sites is 1. The second-order valence-electron chi connectivity index (χ2n) is 7.82. The van der Waals surface area contributed by atoms with Gasteiger partial charge in [-0.15, -0.1) is 0 Å². The number of halogens is 1. The molecule has 0 fully saturated rings. The first-order chi connectivity index (χ1) is 14.3. The van der Waals surface area contributed by atoms with Crippen LogP contribution in [0.15, 0.2) is 51.8 Å². The molecule has 7 heteroatoms. The van der Waals surface area contributed by atoms with Gasteiger partial charge in [-0.1, -0.05) is 72.3 Å². The predicted octanol–water partition coefficient (Wildman–Crippen LogP) is 5.92. The summed E-state index contributed by atoms with van der Waals surface area (Å²) in [4.78, 5) is 10.9. The van der Waals surface area contributed by atoms with Crippen molar-refractivity contribution < 1.29 is 18.3 Å². The third-order valence-electron chi connectivity index (χ3n) is 5.77. The number of unbranched alkanes of at least 4 members (excludes halogenated alkanes) is 5. The van der Waals surface area contributed by atoms with Gasteiger partial charge >= 0.3 is 5.97 Å². The maximum absolute atomic E-state index is 13.3. The summed E-state index contributed by atoms with van der Waals surface area (Å²) in [6.45, 7) is 0. The number of anilines is 1. The Hall–Kier alpha value is -1.86. The van der Waals surface area contributed by atoms with Crippen LogP contribution in [-0.2, 0) is 14.8 Å². The lowest BCUT2D eigenvalue weighted by atomic mass is 9.85. The van der Waals surface area contributed by atoms with E-state index in [1.165, 1.54) is 4.31 Å². The minimum atomic E-state index is -3.62. The SMILES string of the molecule is CN1c2ccccc2C(CCCCCCCCC(=O)O)c2ccc(Br)cc2S1(=O)=O. The van der Waals surface area contributed by atoms with Crippen molar-refractivity contribution >= 4 is 37.6 Å². The van der Waals surface area contributed by atoms with Crippen LogP contribution < -0.4 is 4.31 Å². The molecule has 0 aliphatic carbocycles. The molecular weight excluding hydrogens is 466 g/mol. The molecule has 0 bridgehead atoms. The zero-order valence-corrected chi connectivity index (χ0v) is 19.6. The van der Waals surface area contributed by atoms with Crippen LogP contribution in [0, 0.1) is 0 Å². The lowest BCUT2D eigenvalue weighted by Crippen LogP contribution is -2.26. The number of hydrogen-bond donors (Lipinski definition) is 1. The molecule has 1 N–H and O–H groups in total. The maximum atomic E-state index is 13.3. The van der Waals surface area contributed by atoms with Crippen molar-refractivity contribution in [3.8, 4) is 0 Å². The first-order valence-corrected chi connectivity index (χ1v) is 12.6. The topological polar surface area (TPSA) is 74.7 Å². The number of nitrogens with zero attached hydrogens (tertiary/aromatic N) is 1. The predicted molar refractivity (Wildman–Crippen MR) is 123 cm³/mol. The summed E-state index contributed by atoms with van der Waals surface area (Å²) in [6.07, 6.45) is 6.96. The first kappa shape index (κ1) is 22.8. The van der Waals surface area contributed by atoms with Crippen molar-refractivity contribution in [3.05, 3.63) is 58.1 Å². The third-order valence-corrected chi connectivity index (χ3v) is 8.09. The molecule has 1 unspecified atom stereocenters. The van der Waals surface area contributed by atoms with Gasteiger partial charge in [0.15, 0.2) is 0 Å². The van der Waals surface area contributed by atoms with Gasteiger partial charge in [0.2, 0.25) is 0 Å². The number of carboxylic acid groups (broad SMARTS) is 1. The molecule has 3 rings (SSSR count). The van der Waals surface area contributed by atoms with Crippen molar-refractivity contribution in [2.45, 2.75) is 62.2 Å². The Labute approximate surface area is 187 Å². The van der Waals surface area contributed by atoms with E-state index in [9.17, 15) is 13.2 Å². The van der Waals surface area contributed by atoms with Crippen LogP contribution in [-0.4, -0.2) is 26.5 Å². The van der Waals surface area contributed by atoms with Gasteiger partial charge in [-0.25, -0.2) is 8.42 Å². The lowest BCUT2D eigenvalue weighted by molar-refractivity contribution is -0.137. The standard InChI is InChI=1S/C23H28BrNO4S/c1-25-21-12-9-8-11-19(21)18(10-6-4-2-3-5-7-13-23(26)27)20-15-14-17(24)16-22(20)30(25,28)29/h8-9,11-12,14-16,18H,2-7,10,13H2,1H3,(H,26,27). The van der Waals surface area contributed by atoms with Crippen LogP contribution >= 0.6 is 15.9 Å². The molecule has 0 spiro atoms. The monoisotopic (exact) mass is 493 g/mol. The van der Waals surface area contributed by atoms with Gasteiger partial charge in [-0.2, -0.15) is 0 Å². The number of benzene rings is 2. The Morgan fingerprint density at radius 1 is 1.00 bits per heavy atom. The highest BCUT2D eigenvalue weighted by Gasteiger charge is 2.34. The van der Waals surface area contributed by atoms with Gasteiger partial charge in [-0.3, -0.25) is 9.10 Å². The minimum absolute atomic E-state index is 0.0241. The van der Waals surface area contributed by atoms with Crippen molar-refractivity contribution in [1.82, 2.24) is 0 Å². The molecule has 0 radical (unpaired) electrons. The lowest BCUT2D eigenvalue weighted by Gasteiger charge is -2.21. The Balaban J connectivity index is 1.77. The Morgan fingerprint density at radius 3 is 2.40 bits per heavy atom. The Kier molecular flexibility index (Phi) is 7.58. The molecule has 1 atom stereocenters. The third kappa shape index (κ3) is 5.06. The van der Waals surface area contributed by atoms with Crippen molar-refractivity contribution in [2.24, 2.45) is 0 Å². The molecule has 0 saturated carbocycles. The number of aliphatic carboxylic acids is 1. The smallest absolute Gasteiger partial charge is 0.303 e. The van der Waals surface area contributed by atoms with E-state index in [4.69, 9.17) is 5.11 Å². The number of rotatable bonds is 9. The highest BCUT2D eigenvalue weighted by Crippen LogP contribution is 2.44. The molecule has 30 heavy (non-hydrogen) atoms. The number of carboxylic acids is 1. The van der Waals surface area contributed by atoms with E-state index in [1.807, 2.05) is 36.4 Å². The van der Waals surface area contributed by atoms with Crippen LogP contribution in [0.5, 0.6) is 0 Å². The summed E-state index contributed by atoms with van der Waals surface area (Å²) in [5, 5.41) is 8.71. The summed E-state index contributed by atoms with van der Waals surface area (Å²) in [5.41, 5.74) is 2.64. The normalized spacial score (nSPS) is 17.1. The van der Waals surface area contributed by atoms with E-state index >= 15 is 0 Å². The molecule has 5 nitrogen and oxygen atoms in total. The summed E-state index contributed by atoms with van der Waals surface area (Å²) in [6, 6.07) is 13.3. The number of carbonyl (C=O) groups is 1. The van der Waals surface area contributed by atoms with Gasteiger partial charge in [0.25, 0.3) is 10.0 Å². The number of sulfonamides is 1. The minimum Gasteiger partial charge on any atom is -0.481 e. The van der Waals surface area contributed by atoms with Gasteiger partial charge in [0, 0.05) is 23.9 Å². The van der Waals surface area contributed by atoms with Crippen LogP contribution in [0.3, 0.4) is 0 Å². The van der Waals surface area contributed by atoms with E-state index in [2.05, 4.69) is 15.9 Å². The van der Waals surface area contributed by atoms with E-state index in [0.29, 0.717) is 4.90 Å².